The Hall–Kier alpha value is -2.80. The molecule has 0 fully saturated rings. The first-order valence-corrected chi connectivity index (χ1v) is 7.23. The molecule has 0 atom stereocenters. The molecule has 7 heteroatoms. The Bertz CT molecular complexity index is 818. The van der Waals surface area contributed by atoms with E-state index in [-0.39, 0.29) is 11.5 Å². The highest BCUT2D eigenvalue weighted by atomic mass is 32.1. The van der Waals surface area contributed by atoms with Crippen LogP contribution < -0.4 is 5.32 Å². The van der Waals surface area contributed by atoms with Crippen molar-refractivity contribution in [3.05, 3.63) is 69.8 Å². The number of nitrogens with zero attached hydrogens (tertiary/aromatic N) is 2. The number of rotatable bonds is 4. The molecule has 0 aliphatic heterocycles. The molecule has 1 heterocycles. The fourth-order valence-electron chi connectivity index (χ4n) is 1.94. The number of benzene rings is 2. The molecule has 3 aromatic rings. The molecule has 5 nitrogen and oxygen atoms in total. The Morgan fingerprint density at radius 3 is 2.59 bits per heavy atom. The van der Waals surface area contributed by atoms with E-state index in [2.05, 4.69) is 10.3 Å². The SMILES string of the molecule is O=[N+]([O-])c1ccccc1Nc1nc(-c2ccc(F)cc2)cs1. The van der Waals surface area contributed by atoms with Crippen LogP contribution in [0.1, 0.15) is 0 Å². The summed E-state index contributed by atoms with van der Waals surface area (Å²) >= 11 is 1.33. The Labute approximate surface area is 129 Å². The fraction of sp³-hybridized carbons (Fsp3) is 0. The van der Waals surface area contributed by atoms with Gasteiger partial charge in [0.2, 0.25) is 0 Å². The Morgan fingerprint density at radius 2 is 1.86 bits per heavy atom. The summed E-state index contributed by atoms with van der Waals surface area (Å²) in [4.78, 5) is 14.9. The molecule has 2 aromatic carbocycles. The van der Waals surface area contributed by atoms with E-state index in [0.717, 1.165) is 5.56 Å². The molecule has 1 N–H and O–H groups in total. The van der Waals surface area contributed by atoms with Crippen LogP contribution in [-0.4, -0.2) is 9.91 Å². The van der Waals surface area contributed by atoms with E-state index in [9.17, 15) is 14.5 Å². The highest BCUT2D eigenvalue weighted by Crippen LogP contribution is 2.31. The zero-order valence-electron chi connectivity index (χ0n) is 11.2. The number of thiazole rings is 1. The normalized spacial score (nSPS) is 10.4. The van der Waals surface area contributed by atoms with Crippen LogP contribution >= 0.6 is 11.3 Å². The van der Waals surface area contributed by atoms with Gasteiger partial charge in [-0.25, -0.2) is 9.37 Å². The molecule has 0 aliphatic rings. The van der Waals surface area contributed by atoms with Crippen molar-refractivity contribution in [2.45, 2.75) is 0 Å². The maximum atomic E-state index is 12.9. The number of nitrogens with one attached hydrogen (secondary N) is 1. The second-order valence-corrected chi connectivity index (χ2v) is 5.30. The molecule has 0 amide bonds. The molecule has 0 spiro atoms. The van der Waals surface area contributed by atoms with Crippen molar-refractivity contribution < 1.29 is 9.31 Å². The summed E-state index contributed by atoms with van der Waals surface area (Å²) in [5.41, 5.74) is 1.84. The van der Waals surface area contributed by atoms with E-state index < -0.39 is 4.92 Å². The summed E-state index contributed by atoms with van der Waals surface area (Å²) in [7, 11) is 0. The molecule has 0 saturated heterocycles. The lowest BCUT2D eigenvalue weighted by molar-refractivity contribution is -0.383. The zero-order valence-corrected chi connectivity index (χ0v) is 12.0. The van der Waals surface area contributed by atoms with Crippen molar-refractivity contribution in [2.75, 3.05) is 5.32 Å². The van der Waals surface area contributed by atoms with Gasteiger partial charge in [-0.1, -0.05) is 12.1 Å². The van der Waals surface area contributed by atoms with Crippen LogP contribution in [0.2, 0.25) is 0 Å². The minimum Gasteiger partial charge on any atom is -0.326 e. The monoisotopic (exact) mass is 315 g/mol. The van der Waals surface area contributed by atoms with Crippen molar-refractivity contribution in [3.63, 3.8) is 0 Å². The fourth-order valence-corrected chi connectivity index (χ4v) is 2.67. The Kier molecular flexibility index (Phi) is 3.80. The molecule has 0 unspecified atom stereocenters. The van der Waals surface area contributed by atoms with E-state index in [0.29, 0.717) is 16.5 Å². The first-order valence-electron chi connectivity index (χ1n) is 6.35. The van der Waals surface area contributed by atoms with Gasteiger partial charge in [-0.2, -0.15) is 0 Å². The van der Waals surface area contributed by atoms with E-state index in [4.69, 9.17) is 0 Å². The topological polar surface area (TPSA) is 68.1 Å². The molecule has 0 saturated carbocycles. The smallest absolute Gasteiger partial charge is 0.292 e. The summed E-state index contributed by atoms with van der Waals surface area (Å²) in [5, 5.41) is 16.3. The van der Waals surface area contributed by atoms with Gasteiger partial charge in [0.1, 0.15) is 11.5 Å². The molecule has 0 bridgehead atoms. The summed E-state index contributed by atoms with van der Waals surface area (Å²) in [6, 6.07) is 12.4. The number of hydrogen-bond donors (Lipinski definition) is 1. The summed E-state index contributed by atoms with van der Waals surface area (Å²) < 4.78 is 12.9. The Morgan fingerprint density at radius 1 is 1.14 bits per heavy atom. The van der Waals surface area contributed by atoms with E-state index >= 15 is 0 Å². The van der Waals surface area contributed by atoms with Crippen LogP contribution in [0.3, 0.4) is 0 Å². The van der Waals surface area contributed by atoms with Gasteiger partial charge in [-0.3, -0.25) is 10.1 Å². The van der Waals surface area contributed by atoms with Gasteiger partial charge in [0.15, 0.2) is 5.13 Å². The minimum absolute atomic E-state index is 0.0129. The lowest BCUT2D eigenvalue weighted by Gasteiger charge is -2.03. The number of nitro benzene ring substituents is 1. The second-order valence-electron chi connectivity index (χ2n) is 4.44. The van der Waals surface area contributed by atoms with E-state index in [1.54, 1.807) is 30.3 Å². The molecule has 110 valence electrons. The number of anilines is 2. The minimum atomic E-state index is -0.448. The average molecular weight is 315 g/mol. The number of aromatic nitrogens is 1. The maximum absolute atomic E-state index is 12.9. The van der Waals surface area contributed by atoms with Crippen LogP contribution in [0.4, 0.5) is 20.9 Å². The van der Waals surface area contributed by atoms with Crippen molar-refractivity contribution in [3.8, 4) is 11.3 Å². The van der Waals surface area contributed by atoms with Crippen LogP contribution in [0.15, 0.2) is 53.9 Å². The first kappa shape index (κ1) is 14.2. The summed E-state index contributed by atoms with van der Waals surface area (Å²) in [6.45, 7) is 0. The largest absolute Gasteiger partial charge is 0.326 e. The number of hydrogen-bond acceptors (Lipinski definition) is 5. The van der Waals surface area contributed by atoms with Gasteiger partial charge in [0, 0.05) is 17.0 Å². The molecule has 0 aliphatic carbocycles. The van der Waals surface area contributed by atoms with Gasteiger partial charge >= 0.3 is 0 Å². The third-order valence-corrected chi connectivity index (χ3v) is 3.74. The van der Waals surface area contributed by atoms with Gasteiger partial charge < -0.3 is 5.32 Å². The van der Waals surface area contributed by atoms with Crippen LogP contribution in [0, 0.1) is 15.9 Å². The highest BCUT2D eigenvalue weighted by Gasteiger charge is 2.14. The first-order chi connectivity index (χ1) is 10.6. The van der Waals surface area contributed by atoms with Crippen molar-refractivity contribution in [1.29, 1.82) is 0 Å². The third kappa shape index (κ3) is 2.94. The molecule has 0 radical (unpaired) electrons. The average Bonchev–Trinajstić information content (AvgIpc) is 2.97. The van der Waals surface area contributed by atoms with Crippen LogP contribution in [0.5, 0.6) is 0 Å². The van der Waals surface area contributed by atoms with Crippen LogP contribution in [-0.2, 0) is 0 Å². The molecule has 22 heavy (non-hydrogen) atoms. The van der Waals surface area contributed by atoms with Crippen molar-refractivity contribution >= 4 is 27.8 Å². The van der Waals surface area contributed by atoms with Crippen molar-refractivity contribution in [2.24, 2.45) is 0 Å². The number of halogens is 1. The van der Waals surface area contributed by atoms with Gasteiger partial charge in [-0.15, -0.1) is 11.3 Å². The quantitative estimate of drug-likeness (QED) is 0.564. The molecule has 3 rings (SSSR count). The number of para-hydroxylation sites is 2. The highest BCUT2D eigenvalue weighted by molar-refractivity contribution is 7.14. The third-order valence-electron chi connectivity index (χ3n) is 2.99. The summed E-state index contributed by atoms with van der Waals surface area (Å²) in [5.74, 6) is -0.308. The van der Waals surface area contributed by atoms with E-state index in [1.165, 1.54) is 29.5 Å². The number of nitro groups is 1. The van der Waals surface area contributed by atoms with Crippen molar-refractivity contribution in [1.82, 2.24) is 4.98 Å². The van der Waals surface area contributed by atoms with E-state index in [1.807, 2.05) is 5.38 Å². The second kappa shape index (κ2) is 5.90. The zero-order chi connectivity index (χ0) is 15.5. The molecular formula is C15H10FN3O2S. The predicted molar refractivity (Wildman–Crippen MR) is 83.9 cm³/mol. The lowest BCUT2D eigenvalue weighted by atomic mass is 10.2. The predicted octanol–water partition coefficient (Wildman–Crippen LogP) is 4.60. The Balaban J connectivity index is 1.86. The van der Waals surface area contributed by atoms with Gasteiger partial charge in [0.25, 0.3) is 5.69 Å². The maximum Gasteiger partial charge on any atom is 0.292 e. The lowest BCUT2D eigenvalue weighted by Crippen LogP contribution is -1.96. The molecular weight excluding hydrogens is 305 g/mol. The summed E-state index contributed by atoms with van der Waals surface area (Å²) in [6.07, 6.45) is 0. The van der Waals surface area contributed by atoms with Crippen LogP contribution in [0.25, 0.3) is 11.3 Å². The van der Waals surface area contributed by atoms with Gasteiger partial charge in [-0.05, 0) is 30.3 Å². The van der Waals surface area contributed by atoms with Gasteiger partial charge in [0.05, 0.1) is 10.6 Å². The standard InChI is InChI=1S/C15H10FN3O2S/c16-11-7-5-10(6-8-11)13-9-22-15(18-13)17-12-3-1-2-4-14(12)19(20)21/h1-9H,(H,17,18). The molecule has 1 aromatic heterocycles.